The Bertz CT molecular complexity index is 1610. The minimum atomic E-state index is -3.67. The van der Waals surface area contributed by atoms with Crippen LogP contribution in [0.3, 0.4) is 0 Å². The summed E-state index contributed by atoms with van der Waals surface area (Å²) in [5.41, 5.74) is 4.11. The molecule has 3 aromatic carbocycles. The number of rotatable bonds is 6. The molecule has 0 aliphatic carbocycles. The Balaban J connectivity index is 0.000000461. The standard InChI is InChI=1S/C26H24N6O2.2CH4O3S/c33-25(31-21-8-4-17(5-9-21)23-27-12-13-28-23)19-2-1-3-20(16-19)26(34)32-22-10-6-18(7-11-22)24-29-14-15-30-24;2*1-5(2,3)4/h1-11,16H,12-15H2,(H,27,28)(H,29,30)(H,31,33)(H,32,34);2*1H3,(H,2,3,4). The normalized spacial score (nSPS) is 13.8. The van der Waals surface area contributed by atoms with Crippen molar-refractivity contribution in [2.45, 2.75) is 0 Å². The molecule has 6 N–H and O–H groups in total. The summed E-state index contributed by atoms with van der Waals surface area (Å²) < 4.78 is 51.7. The molecule has 2 heterocycles. The molecule has 14 nitrogen and oxygen atoms in total. The van der Waals surface area contributed by atoms with Crippen molar-refractivity contribution in [3.8, 4) is 0 Å². The Labute approximate surface area is 255 Å². The molecule has 3 aromatic rings. The number of amidine groups is 2. The van der Waals surface area contributed by atoms with Crippen molar-refractivity contribution in [2.75, 3.05) is 49.3 Å². The van der Waals surface area contributed by atoms with Crippen LogP contribution in [0.15, 0.2) is 82.8 Å². The smallest absolute Gasteiger partial charge is 0.261 e. The van der Waals surface area contributed by atoms with E-state index < -0.39 is 20.2 Å². The highest BCUT2D eigenvalue weighted by atomic mass is 32.2. The van der Waals surface area contributed by atoms with Gasteiger partial charge in [0, 0.05) is 46.7 Å². The molecule has 0 saturated carbocycles. The van der Waals surface area contributed by atoms with Gasteiger partial charge in [-0.2, -0.15) is 16.8 Å². The van der Waals surface area contributed by atoms with Crippen molar-refractivity contribution in [3.63, 3.8) is 0 Å². The van der Waals surface area contributed by atoms with Crippen LogP contribution in [0, 0.1) is 0 Å². The Hall–Kier alpha value is -4.64. The maximum absolute atomic E-state index is 12.8. The van der Waals surface area contributed by atoms with Crippen molar-refractivity contribution >= 4 is 55.1 Å². The summed E-state index contributed by atoms with van der Waals surface area (Å²) in [6.07, 6.45) is 1.43. The summed E-state index contributed by atoms with van der Waals surface area (Å²) >= 11 is 0. The van der Waals surface area contributed by atoms with Crippen molar-refractivity contribution in [2.24, 2.45) is 9.98 Å². The predicted octanol–water partition coefficient (Wildman–Crippen LogP) is 1.90. The number of hydrogen-bond acceptors (Lipinski definition) is 10. The maximum Gasteiger partial charge on any atom is 0.261 e. The minimum absolute atomic E-state index is 0.284. The molecule has 16 heteroatoms. The number of amides is 2. The largest absolute Gasteiger partial charge is 0.368 e. The first kappa shape index (κ1) is 33.9. The summed E-state index contributed by atoms with van der Waals surface area (Å²) in [5, 5.41) is 12.2. The molecule has 0 radical (unpaired) electrons. The van der Waals surface area contributed by atoms with E-state index in [9.17, 15) is 26.4 Å². The molecule has 0 aromatic heterocycles. The van der Waals surface area contributed by atoms with Gasteiger partial charge < -0.3 is 21.3 Å². The lowest BCUT2D eigenvalue weighted by Gasteiger charge is -2.09. The van der Waals surface area contributed by atoms with Gasteiger partial charge in [0.25, 0.3) is 32.1 Å². The van der Waals surface area contributed by atoms with Gasteiger partial charge >= 0.3 is 0 Å². The molecular formula is C28H32N6O8S2. The number of hydrogen-bond donors (Lipinski definition) is 6. The highest BCUT2D eigenvalue weighted by Crippen LogP contribution is 2.16. The van der Waals surface area contributed by atoms with E-state index in [2.05, 4.69) is 31.3 Å². The van der Waals surface area contributed by atoms with E-state index in [1.807, 2.05) is 48.5 Å². The number of nitrogens with one attached hydrogen (secondary N) is 4. The summed E-state index contributed by atoms with van der Waals surface area (Å²) in [6, 6.07) is 21.6. The second kappa shape index (κ2) is 15.2. The summed E-state index contributed by atoms with van der Waals surface area (Å²) in [6.45, 7) is 3.24. The van der Waals surface area contributed by atoms with Gasteiger partial charge in [-0.15, -0.1) is 0 Å². The van der Waals surface area contributed by atoms with Gasteiger partial charge in [0.05, 0.1) is 25.6 Å². The number of carbonyl (C=O) groups is 2. The van der Waals surface area contributed by atoms with Crippen LogP contribution in [0.5, 0.6) is 0 Å². The lowest BCUT2D eigenvalue weighted by atomic mass is 10.1. The zero-order valence-electron chi connectivity index (χ0n) is 23.8. The zero-order valence-corrected chi connectivity index (χ0v) is 25.4. The van der Waals surface area contributed by atoms with Crippen LogP contribution in [-0.4, -0.2) is 88.1 Å². The molecule has 0 atom stereocenters. The van der Waals surface area contributed by atoms with Gasteiger partial charge in [-0.1, -0.05) is 6.07 Å². The Kier molecular flexibility index (Phi) is 11.7. The van der Waals surface area contributed by atoms with E-state index in [4.69, 9.17) is 9.11 Å². The Morgan fingerprint density at radius 3 is 1.30 bits per heavy atom. The van der Waals surface area contributed by atoms with Crippen LogP contribution in [0.2, 0.25) is 0 Å². The quantitative estimate of drug-likeness (QED) is 0.214. The first-order chi connectivity index (χ1) is 20.7. The average Bonchev–Trinajstić information content (AvgIpc) is 3.68. The average molecular weight is 645 g/mol. The number of benzene rings is 3. The van der Waals surface area contributed by atoms with Crippen LogP contribution in [-0.2, 0) is 20.2 Å². The third-order valence-electron chi connectivity index (χ3n) is 5.57. The molecule has 0 spiro atoms. The summed E-state index contributed by atoms with van der Waals surface area (Å²) in [4.78, 5) is 34.3. The second-order valence-corrected chi connectivity index (χ2v) is 12.4. The Morgan fingerprint density at radius 1 is 0.659 bits per heavy atom. The topological polar surface area (TPSA) is 216 Å². The molecule has 234 valence electrons. The van der Waals surface area contributed by atoms with E-state index in [-0.39, 0.29) is 11.8 Å². The number of anilines is 2. The van der Waals surface area contributed by atoms with Crippen molar-refractivity contribution in [1.29, 1.82) is 0 Å². The summed E-state index contributed by atoms with van der Waals surface area (Å²) in [7, 11) is -7.33. The van der Waals surface area contributed by atoms with Gasteiger partial charge in [0.1, 0.15) is 11.7 Å². The van der Waals surface area contributed by atoms with Crippen molar-refractivity contribution in [3.05, 3.63) is 95.1 Å². The highest BCUT2D eigenvalue weighted by molar-refractivity contribution is 7.85. The molecule has 0 bridgehead atoms. The fourth-order valence-corrected chi connectivity index (χ4v) is 3.81. The van der Waals surface area contributed by atoms with E-state index in [1.165, 1.54) is 0 Å². The molecule has 2 aliphatic rings. The molecule has 0 fully saturated rings. The van der Waals surface area contributed by atoms with Gasteiger partial charge in [0.15, 0.2) is 0 Å². The predicted molar refractivity (Wildman–Crippen MR) is 169 cm³/mol. The third kappa shape index (κ3) is 12.3. The van der Waals surface area contributed by atoms with Crippen LogP contribution >= 0.6 is 0 Å². The third-order valence-corrected chi connectivity index (χ3v) is 5.57. The zero-order chi connectivity index (χ0) is 32.3. The minimum Gasteiger partial charge on any atom is -0.368 e. The lowest BCUT2D eigenvalue weighted by Crippen LogP contribution is -2.19. The number of nitrogens with zero attached hydrogens (tertiary/aromatic N) is 2. The van der Waals surface area contributed by atoms with Crippen LogP contribution in [0.25, 0.3) is 0 Å². The van der Waals surface area contributed by atoms with E-state index in [0.29, 0.717) is 35.0 Å². The van der Waals surface area contributed by atoms with Gasteiger partial charge in [-0.3, -0.25) is 28.7 Å². The van der Waals surface area contributed by atoms with E-state index in [0.717, 1.165) is 49.0 Å². The molecule has 0 unspecified atom stereocenters. The maximum atomic E-state index is 12.8. The molecule has 44 heavy (non-hydrogen) atoms. The van der Waals surface area contributed by atoms with E-state index >= 15 is 0 Å². The van der Waals surface area contributed by atoms with Crippen LogP contribution in [0.4, 0.5) is 11.4 Å². The summed E-state index contributed by atoms with van der Waals surface area (Å²) in [5.74, 6) is 1.17. The van der Waals surface area contributed by atoms with E-state index in [1.54, 1.807) is 24.3 Å². The van der Waals surface area contributed by atoms with Gasteiger partial charge in [-0.05, 0) is 66.7 Å². The fraction of sp³-hybridized carbons (Fsp3) is 0.214. The number of carbonyl (C=O) groups excluding carboxylic acids is 2. The molecular weight excluding hydrogens is 612 g/mol. The van der Waals surface area contributed by atoms with Crippen molar-refractivity contribution in [1.82, 2.24) is 10.6 Å². The van der Waals surface area contributed by atoms with Crippen LogP contribution < -0.4 is 21.3 Å². The van der Waals surface area contributed by atoms with Gasteiger partial charge in [0.2, 0.25) is 0 Å². The Morgan fingerprint density at radius 2 is 1.00 bits per heavy atom. The monoisotopic (exact) mass is 644 g/mol. The first-order valence-electron chi connectivity index (χ1n) is 13.0. The van der Waals surface area contributed by atoms with Crippen molar-refractivity contribution < 1.29 is 35.5 Å². The molecule has 2 aliphatic heterocycles. The highest BCUT2D eigenvalue weighted by Gasteiger charge is 2.13. The SMILES string of the molecule is CS(=O)(=O)O.CS(=O)(=O)O.O=C(Nc1ccc(C2=NCCN2)cc1)c1cccc(C(=O)Nc2ccc(C3=NCCN3)cc2)c1. The fourth-order valence-electron chi connectivity index (χ4n) is 3.81. The van der Waals surface area contributed by atoms with Crippen LogP contribution in [0.1, 0.15) is 31.8 Å². The second-order valence-electron chi connectivity index (χ2n) is 9.42. The molecule has 5 rings (SSSR count). The molecule has 2 amide bonds. The lowest BCUT2D eigenvalue weighted by molar-refractivity contribution is 0.102. The first-order valence-corrected chi connectivity index (χ1v) is 16.7. The number of aliphatic imine (C=N–C) groups is 2. The molecule has 0 saturated heterocycles. The van der Waals surface area contributed by atoms with Gasteiger partial charge in [-0.25, -0.2) is 0 Å².